The van der Waals surface area contributed by atoms with Crippen LogP contribution in [0.4, 0.5) is 0 Å². The molecule has 0 saturated carbocycles. The summed E-state index contributed by atoms with van der Waals surface area (Å²) < 4.78 is 0. The zero-order valence-electron chi connectivity index (χ0n) is 22.6. The van der Waals surface area contributed by atoms with Gasteiger partial charge in [-0.15, -0.1) is 0 Å². The molecule has 2 heterocycles. The molecule has 0 radical (unpaired) electrons. The molecule has 0 spiro atoms. The number of benzene rings is 5. The second-order valence-electron chi connectivity index (χ2n) is 10.4. The highest BCUT2D eigenvalue weighted by molar-refractivity contribution is 6.21. The lowest BCUT2D eigenvalue weighted by atomic mass is 9.84. The smallest absolute Gasteiger partial charge is 0.0378 e. The highest BCUT2D eigenvalue weighted by Crippen LogP contribution is 2.45. The monoisotopic (exact) mass is 512 g/mol. The maximum Gasteiger partial charge on any atom is 0.0378 e. The van der Waals surface area contributed by atoms with Gasteiger partial charge < -0.3 is 0 Å². The van der Waals surface area contributed by atoms with Gasteiger partial charge in [-0.05, 0) is 110 Å². The van der Waals surface area contributed by atoms with Gasteiger partial charge in [0.1, 0.15) is 0 Å². The first-order valence-electron chi connectivity index (χ1n) is 13.7. The van der Waals surface area contributed by atoms with Crippen LogP contribution in [0.25, 0.3) is 66.1 Å². The van der Waals surface area contributed by atoms with Crippen LogP contribution in [0.15, 0.2) is 134 Å². The Morgan fingerprint density at radius 1 is 0.425 bits per heavy atom. The molecule has 0 aliphatic rings. The van der Waals surface area contributed by atoms with E-state index in [4.69, 9.17) is 0 Å². The van der Waals surface area contributed by atoms with Crippen molar-refractivity contribution in [2.24, 2.45) is 0 Å². The van der Waals surface area contributed by atoms with E-state index in [1.54, 1.807) is 0 Å². The minimum Gasteiger partial charge on any atom is -0.265 e. The maximum absolute atomic E-state index is 4.36. The second-order valence-corrected chi connectivity index (χ2v) is 10.4. The van der Waals surface area contributed by atoms with Gasteiger partial charge in [0.05, 0.1) is 0 Å². The van der Waals surface area contributed by atoms with Gasteiger partial charge in [0.15, 0.2) is 0 Å². The van der Waals surface area contributed by atoms with Crippen molar-refractivity contribution in [1.82, 2.24) is 9.97 Å². The van der Waals surface area contributed by atoms with Crippen LogP contribution in [0, 0.1) is 13.8 Å². The molecule has 0 aliphatic carbocycles. The molecule has 0 aliphatic heterocycles. The van der Waals surface area contributed by atoms with Crippen LogP contribution in [0.1, 0.15) is 11.3 Å². The summed E-state index contributed by atoms with van der Waals surface area (Å²) in [6.45, 7) is 4.25. The van der Waals surface area contributed by atoms with Crippen LogP contribution in [-0.2, 0) is 0 Å². The minimum absolute atomic E-state index is 1.03. The molecule has 2 aromatic heterocycles. The highest BCUT2D eigenvalue weighted by atomic mass is 14.6. The van der Waals surface area contributed by atoms with Gasteiger partial charge in [-0.1, -0.05) is 91.0 Å². The van der Waals surface area contributed by atoms with E-state index in [1.807, 2.05) is 25.5 Å². The molecule has 7 rings (SSSR count). The first-order valence-corrected chi connectivity index (χ1v) is 13.7. The van der Waals surface area contributed by atoms with E-state index in [2.05, 4.69) is 132 Å². The van der Waals surface area contributed by atoms with Crippen molar-refractivity contribution in [2.75, 3.05) is 0 Å². The predicted octanol–water partition coefficient (Wildman–Crippen LogP) is 10.1. The third kappa shape index (κ3) is 4.15. The van der Waals surface area contributed by atoms with Crippen LogP contribution in [0.5, 0.6) is 0 Å². The Hall–Kier alpha value is -5.08. The molecule has 7 aromatic rings. The molecule has 2 heteroatoms. The van der Waals surface area contributed by atoms with E-state index < -0.39 is 0 Å². The molecule has 0 atom stereocenters. The molecule has 0 fully saturated rings. The standard InChI is InChI=1S/C38H28N2/c1-25-23-30(28-17-20-39-21-18-28)15-16-32(25)38-35-9-5-3-7-33(35)37(34-8-4-6-10-36(34)38)29-13-11-27(12-14-29)31-19-22-40-26(2)24-31/h3-24H,1-2H3. The molecule has 40 heavy (non-hydrogen) atoms. The Kier molecular flexibility index (Phi) is 5.94. The van der Waals surface area contributed by atoms with E-state index in [9.17, 15) is 0 Å². The number of fused-ring (bicyclic) bond motifs is 2. The van der Waals surface area contributed by atoms with Crippen molar-refractivity contribution >= 4 is 21.5 Å². The fraction of sp³-hybridized carbons (Fsp3) is 0.0526. The third-order valence-electron chi connectivity index (χ3n) is 7.84. The Bertz CT molecular complexity index is 1950. The number of nitrogens with zero attached hydrogens (tertiary/aromatic N) is 2. The van der Waals surface area contributed by atoms with Gasteiger partial charge in [0.2, 0.25) is 0 Å². The first kappa shape index (κ1) is 24.0. The van der Waals surface area contributed by atoms with E-state index in [1.165, 1.54) is 71.6 Å². The molecule has 0 bridgehead atoms. The SMILES string of the molecule is Cc1cc(-c2ccc(-c3c4ccccc4c(-c4ccc(-c5ccncc5)cc4C)c4ccccc34)cc2)ccn1. The number of hydrogen-bond donors (Lipinski definition) is 0. The van der Waals surface area contributed by atoms with Crippen molar-refractivity contribution in [3.05, 3.63) is 145 Å². The van der Waals surface area contributed by atoms with Crippen molar-refractivity contribution in [3.63, 3.8) is 0 Å². The van der Waals surface area contributed by atoms with Gasteiger partial charge in [-0.2, -0.15) is 0 Å². The van der Waals surface area contributed by atoms with E-state index in [0.717, 1.165) is 5.69 Å². The first-order chi connectivity index (χ1) is 19.7. The number of pyridine rings is 2. The Balaban J connectivity index is 1.44. The van der Waals surface area contributed by atoms with Gasteiger partial charge in [0.25, 0.3) is 0 Å². The molecule has 0 saturated heterocycles. The van der Waals surface area contributed by atoms with Crippen LogP contribution >= 0.6 is 0 Å². The Morgan fingerprint density at radius 2 is 0.925 bits per heavy atom. The van der Waals surface area contributed by atoms with Crippen molar-refractivity contribution < 1.29 is 0 Å². The molecule has 2 nitrogen and oxygen atoms in total. The van der Waals surface area contributed by atoms with Crippen molar-refractivity contribution in [3.8, 4) is 44.5 Å². The average Bonchev–Trinajstić information content (AvgIpc) is 3.01. The summed E-state index contributed by atoms with van der Waals surface area (Å²) in [5, 5.41) is 5.07. The summed E-state index contributed by atoms with van der Waals surface area (Å²) in [4.78, 5) is 8.54. The lowest BCUT2D eigenvalue weighted by Gasteiger charge is -2.19. The molecule has 0 unspecified atom stereocenters. The molecule has 0 N–H and O–H groups in total. The third-order valence-corrected chi connectivity index (χ3v) is 7.84. The summed E-state index contributed by atoms with van der Waals surface area (Å²) in [6, 6.07) is 41.8. The van der Waals surface area contributed by atoms with Gasteiger partial charge in [0, 0.05) is 24.3 Å². The fourth-order valence-corrected chi connectivity index (χ4v) is 5.95. The molecular weight excluding hydrogens is 484 g/mol. The summed E-state index contributed by atoms with van der Waals surface area (Å²) >= 11 is 0. The molecule has 190 valence electrons. The highest BCUT2D eigenvalue weighted by Gasteiger charge is 2.18. The van der Waals surface area contributed by atoms with Crippen LogP contribution < -0.4 is 0 Å². The van der Waals surface area contributed by atoms with E-state index in [0.29, 0.717) is 0 Å². The van der Waals surface area contributed by atoms with Crippen molar-refractivity contribution in [2.45, 2.75) is 13.8 Å². The molecule has 0 amide bonds. The lowest BCUT2D eigenvalue weighted by Crippen LogP contribution is -1.93. The summed E-state index contributed by atoms with van der Waals surface area (Å²) in [5.74, 6) is 0. The Morgan fingerprint density at radius 3 is 1.52 bits per heavy atom. The Labute approximate surface area is 234 Å². The normalized spacial score (nSPS) is 11.2. The van der Waals surface area contributed by atoms with Gasteiger partial charge in [-0.3, -0.25) is 9.97 Å². The number of hydrogen-bond acceptors (Lipinski definition) is 2. The van der Waals surface area contributed by atoms with Crippen LogP contribution in [-0.4, -0.2) is 9.97 Å². The number of aromatic nitrogens is 2. The predicted molar refractivity (Wildman–Crippen MR) is 168 cm³/mol. The topological polar surface area (TPSA) is 25.8 Å². The lowest BCUT2D eigenvalue weighted by molar-refractivity contribution is 1.20. The zero-order chi connectivity index (χ0) is 27.1. The van der Waals surface area contributed by atoms with E-state index in [-0.39, 0.29) is 0 Å². The minimum atomic E-state index is 1.03. The maximum atomic E-state index is 4.36. The quantitative estimate of drug-likeness (QED) is 0.219. The summed E-state index contributed by atoms with van der Waals surface area (Å²) in [7, 11) is 0. The fourth-order valence-electron chi connectivity index (χ4n) is 5.95. The molecular formula is C38H28N2. The van der Waals surface area contributed by atoms with Gasteiger partial charge in [-0.25, -0.2) is 0 Å². The average molecular weight is 513 g/mol. The summed E-state index contributed by atoms with van der Waals surface area (Å²) in [6.07, 6.45) is 5.58. The number of aryl methyl sites for hydroxylation is 2. The van der Waals surface area contributed by atoms with Gasteiger partial charge >= 0.3 is 0 Å². The van der Waals surface area contributed by atoms with Crippen LogP contribution in [0.2, 0.25) is 0 Å². The second kappa shape index (κ2) is 9.91. The van der Waals surface area contributed by atoms with Crippen molar-refractivity contribution in [1.29, 1.82) is 0 Å². The molecule has 5 aromatic carbocycles. The van der Waals surface area contributed by atoms with Crippen LogP contribution in [0.3, 0.4) is 0 Å². The largest absolute Gasteiger partial charge is 0.265 e. The number of rotatable bonds is 4. The van der Waals surface area contributed by atoms with E-state index >= 15 is 0 Å². The summed E-state index contributed by atoms with van der Waals surface area (Å²) in [5.41, 5.74) is 12.1. The zero-order valence-corrected chi connectivity index (χ0v) is 22.6.